The van der Waals surface area contributed by atoms with Gasteiger partial charge in [0, 0.05) is 0 Å². The van der Waals surface area contributed by atoms with E-state index < -0.39 is 48.7 Å². The van der Waals surface area contributed by atoms with Crippen molar-refractivity contribution in [3.05, 3.63) is 11.6 Å². The Morgan fingerprint density at radius 1 is 0.886 bits per heavy atom. The van der Waals surface area contributed by atoms with Gasteiger partial charge in [-0.3, -0.25) is 4.89 Å². The number of aliphatic hydroxyl groups excluding tert-OH is 5. The van der Waals surface area contributed by atoms with E-state index in [2.05, 4.69) is 54.5 Å². The smallest absolute Gasteiger partial charge is 0.351 e. The highest BCUT2D eigenvalue weighted by Gasteiger charge is 2.71. The molecule has 5 N–H and O–H groups in total. The number of hydrogen-bond donors (Lipinski definition) is 5. The maximum Gasteiger partial charge on any atom is 0.351 e. The molecule has 9 heteroatoms. The Morgan fingerprint density at radius 3 is 2.25 bits per heavy atom. The first-order valence-corrected chi connectivity index (χ1v) is 17.0. The Balaban J connectivity index is 1.34. The third kappa shape index (κ3) is 4.32. The number of ether oxygens (including phenoxy) is 1. The van der Waals surface area contributed by atoms with Gasteiger partial charge in [0.05, 0.1) is 18.8 Å². The molecule has 0 radical (unpaired) electrons. The van der Waals surface area contributed by atoms with Gasteiger partial charge in [-0.2, -0.15) is 0 Å². The topological polar surface area (TPSA) is 146 Å². The van der Waals surface area contributed by atoms with Crippen molar-refractivity contribution < 1.29 is 44.8 Å². The molecule has 44 heavy (non-hydrogen) atoms. The third-order valence-electron chi connectivity index (χ3n) is 14.8. The van der Waals surface area contributed by atoms with Gasteiger partial charge in [-0.25, -0.2) is 4.79 Å². The maximum absolute atomic E-state index is 14.1. The molecule has 0 spiro atoms. The standard InChI is InChI=1S/C35H56O9/c1-30(2)14-15-35(29(41)44-43-28-27(40)26(39)21(18-36)42-28)20(16-30)19-8-9-23-32(5)12-11-24(37)31(3,4)22(32)10-13-33(23,6)34(19,7)17-25(35)38/h8,20-28,36-40H,9-18H2,1-7H3/t20-,21-,22?,23-,24+,25-,26-,27+,28+,32+,33-,34-,35-/m1/s1. The van der Waals surface area contributed by atoms with E-state index in [4.69, 9.17) is 14.5 Å². The van der Waals surface area contributed by atoms with E-state index in [-0.39, 0.29) is 39.1 Å². The van der Waals surface area contributed by atoms with Crippen molar-refractivity contribution in [3.63, 3.8) is 0 Å². The van der Waals surface area contributed by atoms with E-state index >= 15 is 0 Å². The molecule has 250 valence electrons. The molecule has 1 aliphatic heterocycles. The molecule has 9 nitrogen and oxygen atoms in total. The Bertz CT molecular complexity index is 1180. The summed E-state index contributed by atoms with van der Waals surface area (Å²) in [5, 5.41) is 53.1. The van der Waals surface area contributed by atoms with Crippen LogP contribution in [0.15, 0.2) is 11.6 Å². The maximum atomic E-state index is 14.1. The summed E-state index contributed by atoms with van der Waals surface area (Å²) in [5.41, 5.74) is -0.485. The lowest BCUT2D eigenvalue weighted by Gasteiger charge is -2.71. The zero-order valence-corrected chi connectivity index (χ0v) is 27.7. The second kappa shape index (κ2) is 10.5. The minimum Gasteiger partial charge on any atom is -0.394 e. The van der Waals surface area contributed by atoms with Gasteiger partial charge in [0.2, 0.25) is 6.29 Å². The Hall–Kier alpha value is -1.07. The molecule has 0 aromatic rings. The number of aliphatic hydroxyl groups is 5. The van der Waals surface area contributed by atoms with Crippen LogP contribution in [0, 0.1) is 50.2 Å². The van der Waals surface area contributed by atoms with Gasteiger partial charge in [-0.05, 0) is 103 Å². The largest absolute Gasteiger partial charge is 0.394 e. The molecule has 0 bridgehead atoms. The average Bonchev–Trinajstić information content (AvgIpc) is 3.22. The van der Waals surface area contributed by atoms with Gasteiger partial charge in [-0.1, -0.05) is 60.1 Å². The van der Waals surface area contributed by atoms with Crippen LogP contribution in [0.2, 0.25) is 0 Å². The van der Waals surface area contributed by atoms with Crippen LogP contribution in [0.3, 0.4) is 0 Å². The quantitative estimate of drug-likeness (QED) is 0.179. The highest BCUT2D eigenvalue weighted by molar-refractivity contribution is 5.79. The zero-order chi connectivity index (χ0) is 32.3. The lowest BCUT2D eigenvalue weighted by Crippen LogP contribution is -2.67. The Labute approximate surface area is 262 Å². The van der Waals surface area contributed by atoms with Crippen molar-refractivity contribution in [3.8, 4) is 0 Å². The SMILES string of the molecule is CC1(C)CC[C@]2(C(=O)OO[C@@H]3O[C@H](CO)[C@@H](O)[C@@H]3O)[C@H](O)C[C@]3(C)C(=CC[C@@H]4[C@@]5(C)CC[C@H](O)C(C)(C)C5CC[C@]43C)[C@H]2C1. The molecule has 0 aromatic heterocycles. The van der Waals surface area contributed by atoms with Crippen molar-refractivity contribution in [1.29, 1.82) is 0 Å². The number of carbonyl (C=O) groups excluding carboxylic acids is 1. The number of fused-ring (bicyclic) bond motifs is 7. The summed E-state index contributed by atoms with van der Waals surface area (Å²) < 4.78 is 5.38. The van der Waals surface area contributed by atoms with E-state index in [1.54, 1.807) is 0 Å². The molecule has 5 aliphatic carbocycles. The van der Waals surface area contributed by atoms with Crippen LogP contribution >= 0.6 is 0 Å². The fraction of sp³-hybridized carbons (Fsp3) is 0.914. The molecular formula is C35H56O9. The molecule has 0 amide bonds. The highest BCUT2D eigenvalue weighted by atomic mass is 17.2. The minimum atomic E-state index is -1.49. The first-order chi connectivity index (χ1) is 20.4. The monoisotopic (exact) mass is 620 g/mol. The van der Waals surface area contributed by atoms with Gasteiger partial charge >= 0.3 is 5.97 Å². The highest BCUT2D eigenvalue weighted by Crippen LogP contribution is 2.75. The summed E-state index contributed by atoms with van der Waals surface area (Å²) in [5.74, 6) is -0.0973. The molecule has 1 heterocycles. The van der Waals surface area contributed by atoms with Crippen LogP contribution in [-0.4, -0.2) is 74.9 Å². The van der Waals surface area contributed by atoms with E-state index in [1.165, 1.54) is 5.57 Å². The molecule has 5 fully saturated rings. The summed E-state index contributed by atoms with van der Waals surface area (Å²) in [7, 11) is 0. The first kappa shape index (κ1) is 32.9. The van der Waals surface area contributed by atoms with Crippen LogP contribution in [0.1, 0.15) is 106 Å². The van der Waals surface area contributed by atoms with Gasteiger partial charge < -0.3 is 30.3 Å². The second-order valence-corrected chi connectivity index (χ2v) is 17.5. The summed E-state index contributed by atoms with van der Waals surface area (Å²) in [6, 6.07) is 0. The van der Waals surface area contributed by atoms with Crippen molar-refractivity contribution in [2.45, 2.75) is 143 Å². The predicted molar refractivity (Wildman–Crippen MR) is 161 cm³/mol. The summed E-state index contributed by atoms with van der Waals surface area (Å²) >= 11 is 0. The normalized spacial score (nSPS) is 52.5. The first-order valence-electron chi connectivity index (χ1n) is 17.0. The summed E-state index contributed by atoms with van der Waals surface area (Å²) in [6.07, 6.45) is 2.94. The fourth-order valence-electron chi connectivity index (χ4n) is 11.8. The van der Waals surface area contributed by atoms with Crippen LogP contribution in [0.25, 0.3) is 0 Å². The summed E-state index contributed by atoms with van der Waals surface area (Å²) in [4.78, 5) is 24.9. The van der Waals surface area contributed by atoms with E-state index in [1.807, 2.05) is 0 Å². The number of allylic oxidation sites excluding steroid dienone is 2. The molecule has 6 aliphatic rings. The van der Waals surface area contributed by atoms with Crippen molar-refractivity contribution in [2.75, 3.05) is 6.61 Å². The summed E-state index contributed by atoms with van der Waals surface area (Å²) in [6.45, 7) is 15.6. The molecule has 6 rings (SSSR count). The van der Waals surface area contributed by atoms with E-state index in [0.29, 0.717) is 24.7 Å². The molecule has 4 saturated carbocycles. The lowest BCUT2D eigenvalue weighted by molar-refractivity contribution is -0.368. The van der Waals surface area contributed by atoms with Crippen molar-refractivity contribution in [1.82, 2.24) is 0 Å². The van der Waals surface area contributed by atoms with Crippen LogP contribution in [0.5, 0.6) is 0 Å². The van der Waals surface area contributed by atoms with Crippen LogP contribution in [0.4, 0.5) is 0 Å². The van der Waals surface area contributed by atoms with Gasteiger partial charge in [0.25, 0.3) is 0 Å². The molecule has 1 saturated heterocycles. The van der Waals surface area contributed by atoms with Gasteiger partial charge in [0.1, 0.15) is 23.7 Å². The number of hydrogen-bond acceptors (Lipinski definition) is 9. The Morgan fingerprint density at radius 2 is 1.59 bits per heavy atom. The van der Waals surface area contributed by atoms with Gasteiger partial charge in [0.15, 0.2) is 0 Å². The van der Waals surface area contributed by atoms with Crippen molar-refractivity contribution >= 4 is 5.97 Å². The Kier molecular flexibility index (Phi) is 7.81. The van der Waals surface area contributed by atoms with Crippen LogP contribution in [-0.2, 0) is 19.3 Å². The molecule has 13 atom stereocenters. The number of rotatable bonds is 4. The van der Waals surface area contributed by atoms with Crippen molar-refractivity contribution in [2.24, 2.45) is 50.2 Å². The van der Waals surface area contributed by atoms with E-state index in [9.17, 15) is 30.3 Å². The van der Waals surface area contributed by atoms with Gasteiger partial charge in [-0.15, -0.1) is 4.89 Å². The molecule has 0 aromatic carbocycles. The third-order valence-corrected chi connectivity index (χ3v) is 14.8. The second-order valence-electron chi connectivity index (χ2n) is 17.5. The van der Waals surface area contributed by atoms with Crippen LogP contribution < -0.4 is 0 Å². The number of carbonyl (C=O) groups is 1. The molecular weight excluding hydrogens is 564 g/mol. The average molecular weight is 621 g/mol. The fourth-order valence-corrected chi connectivity index (χ4v) is 11.8. The van der Waals surface area contributed by atoms with E-state index in [0.717, 1.165) is 44.9 Å². The lowest BCUT2D eigenvalue weighted by atomic mass is 9.33. The zero-order valence-electron chi connectivity index (χ0n) is 27.7. The predicted octanol–water partition coefficient (Wildman–Crippen LogP) is 4.03. The molecule has 1 unspecified atom stereocenters. The minimum absolute atomic E-state index is 0.0394.